The summed E-state index contributed by atoms with van der Waals surface area (Å²) in [7, 11) is 0. The van der Waals surface area contributed by atoms with Crippen molar-refractivity contribution < 1.29 is 14.3 Å². The van der Waals surface area contributed by atoms with Crippen LogP contribution >= 0.6 is 0 Å². The van der Waals surface area contributed by atoms with Crippen LogP contribution < -0.4 is 10.6 Å². The number of likely N-dealkylation sites (tertiary alicyclic amines) is 1. The zero-order valence-electron chi connectivity index (χ0n) is 15.7. The second kappa shape index (κ2) is 7.72. The van der Waals surface area contributed by atoms with E-state index in [-0.39, 0.29) is 11.9 Å². The summed E-state index contributed by atoms with van der Waals surface area (Å²) in [4.78, 5) is 28.8. The van der Waals surface area contributed by atoms with Crippen LogP contribution in [0.2, 0.25) is 0 Å². The van der Waals surface area contributed by atoms with Gasteiger partial charge < -0.3 is 25.2 Å². The Morgan fingerprint density at radius 2 is 1.73 bits per heavy atom. The molecule has 7 nitrogen and oxygen atoms in total. The molecule has 3 amide bonds. The Hall–Kier alpha value is -1.34. The number of carbonyl (C=O) groups is 2. The van der Waals surface area contributed by atoms with Gasteiger partial charge in [-0.05, 0) is 56.5 Å². The topological polar surface area (TPSA) is 73.9 Å². The highest BCUT2D eigenvalue weighted by molar-refractivity contribution is 5.77. The van der Waals surface area contributed by atoms with Gasteiger partial charge in [-0.25, -0.2) is 4.79 Å². The first kappa shape index (κ1) is 18.0. The van der Waals surface area contributed by atoms with E-state index in [4.69, 9.17) is 4.74 Å². The first-order valence-electron chi connectivity index (χ1n) is 10.3. The predicted octanol–water partition coefficient (Wildman–Crippen LogP) is 0.799. The third-order valence-corrected chi connectivity index (χ3v) is 6.82. The van der Waals surface area contributed by atoms with Crippen LogP contribution in [0.1, 0.15) is 38.5 Å². The molecular weight excluding hydrogens is 332 g/mol. The molecule has 146 valence electrons. The van der Waals surface area contributed by atoms with Crippen molar-refractivity contribution in [1.29, 1.82) is 0 Å². The van der Waals surface area contributed by atoms with Crippen LogP contribution in [0.3, 0.4) is 0 Å². The summed E-state index contributed by atoms with van der Waals surface area (Å²) in [5, 5.41) is 6.66. The van der Waals surface area contributed by atoms with E-state index in [1.54, 1.807) is 0 Å². The molecule has 2 N–H and O–H groups in total. The van der Waals surface area contributed by atoms with Gasteiger partial charge in [-0.2, -0.15) is 0 Å². The van der Waals surface area contributed by atoms with Gasteiger partial charge in [-0.15, -0.1) is 0 Å². The Labute approximate surface area is 155 Å². The Morgan fingerprint density at radius 1 is 1.04 bits per heavy atom. The maximum Gasteiger partial charge on any atom is 0.317 e. The molecule has 4 rings (SSSR count). The van der Waals surface area contributed by atoms with E-state index in [2.05, 4.69) is 10.6 Å². The standard InChI is InChI=1S/C19H32N4O3/c24-17(22-9-11-26-12-10-22)13-15-1-7-23(8-2-15)18(25)21-16-14-19(16)3-5-20-6-4-19/h15-16,20H,1-14H2,(H,21,25). The van der Waals surface area contributed by atoms with Crippen molar-refractivity contribution in [2.24, 2.45) is 11.3 Å². The molecule has 1 saturated carbocycles. The molecule has 0 aromatic heterocycles. The molecule has 1 unspecified atom stereocenters. The van der Waals surface area contributed by atoms with E-state index in [1.165, 1.54) is 12.8 Å². The molecule has 0 bridgehead atoms. The quantitative estimate of drug-likeness (QED) is 0.777. The summed E-state index contributed by atoms with van der Waals surface area (Å²) in [6.45, 7) is 6.45. The number of hydrogen-bond donors (Lipinski definition) is 2. The van der Waals surface area contributed by atoms with E-state index < -0.39 is 0 Å². The van der Waals surface area contributed by atoms with Crippen molar-refractivity contribution in [2.45, 2.75) is 44.6 Å². The van der Waals surface area contributed by atoms with Crippen molar-refractivity contribution in [3.8, 4) is 0 Å². The van der Waals surface area contributed by atoms with Crippen molar-refractivity contribution in [3.63, 3.8) is 0 Å². The van der Waals surface area contributed by atoms with Crippen LogP contribution in [0.25, 0.3) is 0 Å². The largest absolute Gasteiger partial charge is 0.378 e. The van der Waals surface area contributed by atoms with Gasteiger partial charge in [0.2, 0.25) is 5.91 Å². The second-order valence-electron chi connectivity index (χ2n) is 8.45. The summed E-state index contributed by atoms with van der Waals surface area (Å²) in [6.07, 6.45) is 6.00. The fraction of sp³-hybridized carbons (Fsp3) is 0.895. The van der Waals surface area contributed by atoms with Gasteiger partial charge in [-0.3, -0.25) is 4.79 Å². The number of rotatable bonds is 3. The van der Waals surface area contributed by atoms with Crippen molar-refractivity contribution in [2.75, 3.05) is 52.5 Å². The van der Waals surface area contributed by atoms with E-state index in [1.807, 2.05) is 9.80 Å². The Kier molecular flexibility index (Phi) is 5.36. The normalized spacial score (nSPS) is 28.8. The zero-order chi connectivity index (χ0) is 18.0. The molecule has 3 saturated heterocycles. The number of urea groups is 1. The van der Waals surface area contributed by atoms with Crippen molar-refractivity contribution >= 4 is 11.9 Å². The number of hydrogen-bond acceptors (Lipinski definition) is 4. The molecule has 0 aromatic rings. The third-order valence-electron chi connectivity index (χ3n) is 6.82. The van der Waals surface area contributed by atoms with Gasteiger partial charge in [0.1, 0.15) is 0 Å². The number of piperidine rings is 2. The lowest BCUT2D eigenvalue weighted by Crippen LogP contribution is -2.47. The molecule has 3 heterocycles. The Morgan fingerprint density at radius 3 is 2.42 bits per heavy atom. The number of ether oxygens (including phenoxy) is 1. The number of nitrogens with zero attached hydrogens (tertiary/aromatic N) is 2. The highest BCUT2D eigenvalue weighted by Gasteiger charge is 2.54. The van der Waals surface area contributed by atoms with Crippen LogP contribution in [-0.2, 0) is 9.53 Å². The van der Waals surface area contributed by atoms with Gasteiger partial charge in [-0.1, -0.05) is 0 Å². The van der Waals surface area contributed by atoms with Crippen molar-refractivity contribution in [3.05, 3.63) is 0 Å². The fourth-order valence-electron chi connectivity index (χ4n) is 4.80. The number of nitrogens with one attached hydrogen (secondary N) is 2. The molecule has 26 heavy (non-hydrogen) atoms. The summed E-state index contributed by atoms with van der Waals surface area (Å²) in [6, 6.07) is 0.473. The lowest BCUT2D eigenvalue weighted by Gasteiger charge is -2.34. The molecule has 1 atom stereocenters. The van der Waals surface area contributed by atoms with Crippen LogP contribution in [0.5, 0.6) is 0 Å². The van der Waals surface area contributed by atoms with Gasteiger partial charge in [0, 0.05) is 38.6 Å². The van der Waals surface area contributed by atoms with E-state index >= 15 is 0 Å². The summed E-state index contributed by atoms with van der Waals surface area (Å²) in [5.74, 6) is 0.660. The van der Waals surface area contributed by atoms with Crippen LogP contribution in [0.15, 0.2) is 0 Å². The predicted molar refractivity (Wildman–Crippen MR) is 97.8 cm³/mol. The lowest BCUT2D eigenvalue weighted by atomic mass is 9.93. The first-order valence-corrected chi connectivity index (χ1v) is 10.3. The average Bonchev–Trinajstić information content (AvgIpc) is 3.33. The number of amides is 3. The maximum absolute atomic E-state index is 12.6. The molecule has 3 aliphatic heterocycles. The van der Waals surface area contributed by atoms with E-state index in [9.17, 15) is 9.59 Å². The zero-order valence-corrected chi connectivity index (χ0v) is 15.7. The minimum Gasteiger partial charge on any atom is -0.378 e. The first-order chi connectivity index (χ1) is 12.7. The van der Waals surface area contributed by atoms with Crippen molar-refractivity contribution in [1.82, 2.24) is 20.4 Å². The molecular formula is C19H32N4O3. The average molecular weight is 364 g/mol. The molecule has 1 aliphatic carbocycles. The molecule has 0 radical (unpaired) electrons. The molecule has 4 aliphatic rings. The minimum absolute atomic E-state index is 0.100. The number of carbonyl (C=O) groups excluding carboxylic acids is 2. The van der Waals surface area contributed by atoms with Gasteiger partial charge >= 0.3 is 6.03 Å². The van der Waals surface area contributed by atoms with Gasteiger partial charge in [0.25, 0.3) is 0 Å². The highest BCUT2D eigenvalue weighted by atomic mass is 16.5. The van der Waals surface area contributed by atoms with E-state index in [0.29, 0.717) is 37.0 Å². The summed E-state index contributed by atoms with van der Waals surface area (Å²) in [5.41, 5.74) is 0.379. The van der Waals surface area contributed by atoms with Crippen LogP contribution in [-0.4, -0.2) is 80.3 Å². The summed E-state index contributed by atoms with van der Waals surface area (Å²) >= 11 is 0. The maximum atomic E-state index is 12.6. The third kappa shape index (κ3) is 3.98. The Balaban J connectivity index is 1.17. The molecule has 1 spiro atoms. The Bertz CT molecular complexity index is 521. The molecule has 4 fully saturated rings. The summed E-state index contributed by atoms with van der Waals surface area (Å²) < 4.78 is 5.31. The smallest absolute Gasteiger partial charge is 0.317 e. The lowest BCUT2D eigenvalue weighted by molar-refractivity contribution is -0.136. The fourth-order valence-corrected chi connectivity index (χ4v) is 4.80. The molecule has 7 heteroatoms. The molecule has 0 aromatic carbocycles. The monoisotopic (exact) mass is 364 g/mol. The van der Waals surface area contributed by atoms with E-state index in [0.717, 1.165) is 58.5 Å². The second-order valence-corrected chi connectivity index (χ2v) is 8.45. The SMILES string of the molecule is O=C(CC1CCN(C(=O)NC2CC23CCNCC3)CC1)N1CCOCC1. The van der Waals surface area contributed by atoms with Crippen LogP contribution in [0, 0.1) is 11.3 Å². The van der Waals surface area contributed by atoms with Crippen LogP contribution in [0.4, 0.5) is 4.79 Å². The van der Waals surface area contributed by atoms with Gasteiger partial charge in [0.05, 0.1) is 13.2 Å². The van der Waals surface area contributed by atoms with Gasteiger partial charge in [0.15, 0.2) is 0 Å². The minimum atomic E-state index is 0.100. The number of morpholine rings is 1. The highest BCUT2D eigenvalue weighted by Crippen LogP contribution is 2.52.